The summed E-state index contributed by atoms with van der Waals surface area (Å²) < 4.78 is 1.98. The summed E-state index contributed by atoms with van der Waals surface area (Å²) in [5.74, 6) is 1.70. The van der Waals surface area contributed by atoms with Crippen molar-refractivity contribution in [2.75, 3.05) is 11.9 Å². The van der Waals surface area contributed by atoms with Crippen LogP contribution in [0.4, 0.5) is 5.82 Å². The number of aromatic nitrogens is 4. The van der Waals surface area contributed by atoms with Gasteiger partial charge in [-0.15, -0.1) is 0 Å². The number of aryl methyl sites for hydroxylation is 2. The van der Waals surface area contributed by atoms with Crippen LogP contribution < -0.4 is 5.32 Å². The lowest BCUT2D eigenvalue weighted by molar-refractivity contribution is 0.583. The zero-order valence-electron chi connectivity index (χ0n) is 11.4. The molecule has 0 spiro atoms. The summed E-state index contributed by atoms with van der Waals surface area (Å²) in [6.45, 7) is 8.09. The van der Waals surface area contributed by atoms with E-state index in [9.17, 15) is 0 Å². The molecular formula is C13H21N5. The molecular weight excluding hydrogens is 226 g/mol. The van der Waals surface area contributed by atoms with Gasteiger partial charge in [0.15, 0.2) is 5.65 Å². The third-order valence-corrected chi connectivity index (χ3v) is 2.87. The van der Waals surface area contributed by atoms with Gasteiger partial charge in [0.05, 0.1) is 11.6 Å². The summed E-state index contributed by atoms with van der Waals surface area (Å²) >= 11 is 0. The second-order valence-corrected chi connectivity index (χ2v) is 4.50. The third kappa shape index (κ3) is 2.60. The molecule has 98 valence electrons. The summed E-state index contributed by atoms with van der Waals surface area (Å²) in [4.78, 5) is 8.96. The second kappa shape index (κ2) is 5.80. The van der Waals surface area contributed by atoms with E-state index in [-0.39, 0.29) is 0 Å². The van der Waals surface area contributed by atoms with Crippen LogP contribution in [-0.4, -0.2) is 26.3 Å². The van der Waals surface area contributed by atoms with Crippen molar-refractivity contribution in [1.29, 1.82) is 0 Å². The van der Waals surface area contributed by atoms with Crippen LogP contribution in [0.15, 0.2) is 6.20 Å². The van der Waals surface area contributed by atoms with Crippen molar-refractivity contribution in [3.05, 3.63) is 12.0 Å². The lowest BCUT2D eigenvalue weighted by Gasteiger charge is -2.07. The number of rotatable bonds is 6. The first kappa shape index (κ1) is 12.8. The summed E-state index contributed by atoms with van der Waals surface area (Å²) in [5, 5.41) is 8.78. The SMILES string of the molecule is CCCCn1ncc2c(NCCC)nc(C)nc21. The summed E-state index contributed by atoms with van der Waals surface area (Å²) in [7, 11) is 0. The van der Waals surface area contributed by atoms with Crippen molar-refractivity contribution >= 4 is 16.9 Å². The Balaban J connectivity index is 2.37. The molecule has 0 unspecified atom stereocenters. The summed E-state index contributed by atoms with van der Waals surface area (Å²) in [5.41, 5.74) is 0.939. The van der Waals surface area contributed by atoms with Crippen molar-refractivity contribution in [3.8, 4) is 0 Å². The number of hydrogen-bond acceptors (Lipinski definition) is 4. The molecule has 0 radical (unpaired) electrons. The maximum atomic E-state index is 4.51. The lowest BCUT2D eigenvalue weighted by atomic mass is 10.3. The highest BCUT2D eigenvalue weighted by Crippen LogP contribution is 2.20. The van der Waals surface area contributed by atoms with Gasteiger partial charge in [0.1, 0.15) is 11.6 Å². The van der Waals surface area contributed by atoms with Gasteiger partial charge in [-0.3, -0.25) is 0 Å². The summed E-state index contributed by atoms with van der Waals surface area (Å²) in [6.07, 6.45) is 5.22. The van der Waals surface area contributed by atoms with Crippen LogP contribution in [0.1, 0.15) is 38.9 Å². The third-order valence-electron chi connectivity index (χ3n) is 2.87. The Kier molecular flexibility index (Phi) is 4.12. The number of anilines is 1. The summed E-state index contributed by atoms with van der Waals surface area (Å²) in [6, 6.07) is 0. The van der Waals surface area contributed by atoms with E-state index in [0.29, 0.717) is 0 Å². The number of unbranched alkanes of at least 4 members (excludes halogenated alkanes) is 1. The highest BCUT2D eigenvalue weighted by atomic mass is 15.3. The first-order valence-electron chi connectivity index (χ1n) is 6.70. The molecule has 0 aliphatic rings. The van der Waals surface area contributed by atoms with E-state index in [4.69, 9.17) is 0 Å². The Morgan fingerprint density at radius 3 is 2.78 bits per heavy atom. The molecule has 0 aliphatic heterocycles. The molecule has 0 amide bonds. The fourth-order valence-corrected chi connectivity index (χ4v) is 1.91. The average molecular weight is 247 g/mol. The van der Waals surface area contributed by atoms with Crippen molar-refractivity contribution in [2.45, 2.75) is 46.6 Å². The van der Waals surface area contributed by atoms with E-state index < -0.39 is 0 Å². The minimum absolute atomic E-state index is 0.791. The molecule has 2 aromatic heterocycles. The molecule has 0 atom stereocenters. The van der Waals surface area contributed by atoms with Crippen molar-refractivity contribution in [2.24, 2.45) is 0 Å². The molecule has 2 aromatic rings. The van der Waals surface area contributed by atoms with Crippen LogP contribution in [-0.2, 0) is 6.54 Å². The standard InChI is InChI=1S/C13H21N5/c1-4-6-8-18-13-11(9-15-18)12(14-7-5-2)16-10(3)17-13/h9H,4-8H2,1-3H3,(H,14,16,17). The van der Waals surface area contributed by atoms with Crippen LogP contribution in [0.25, 0.3) is 11.0 Å². The van der Waals surface area contributed by atoms with E-state index in [1.54, 1.807) is 0 Å². The van der Waals surface area contributed by atoms with Gasteiger partial charge in [0, 0.05) is 13.1 Å². The van der Waals surface area contributed by atoms with Crippen molar-refractivity contribution < 1.29 is 0 Å². The quantitative estimate of drug-likeness (QED) is 0.852. The van der Waals surface area contributed by atoms with Gasteiger partial charge in [-0.05, 0) is 19.8 Å². The molecule has 0 aromatic carbocycles. The smallest absolute Gasteiger partial charge is 0.163 e. The molecule has 18 heavy (non-hydrogen) atoms. The van der Waals surface area contributed by atoms with Crippen LogP contribution in [0.5, 0.6) is 0 Å². The predicted octanol–water partition coefficient (Wildman–Crippen LogP) is 2.76. The van der Waals surface area contributed by atoms with Crippen LogP contribution in [0, 0.1) is 6.92 Å². The molecule has 1 N–H and O–H groups in total. The zero-order chi connectivity index (χ0) is 13.0. The molecule has 0 fully saturated rings. The molecule has 5 heteroatoms. The van der Waals surface area contributed by atoms with Crippen LogP contribution >= 0.6 is 0 Å². The zero-order valence-corrected chi connectivity index (χ0v) is 11.4. The first-order chi connectivity index (χ1) is 8.76. The van der Waals surface area contributed by atoms with Crippen molar-refractivity contribution in [1.82, 2.24) is 19.7 Å². The Morgan fingerprint density at radius 1 is 1.22 bits per heavy atom. The molecule has 5 nitrogen and oxygen atoms in total. The van der Waals surface area contributed by atoms with Gasteiger partial charge < -0.3 is 5.32 Å². The Morgan fingerprint density at radius 2 is 2.06 bits per heavy atom. The molecule has 2 rings (SSSR count). The van der Waals surface area contributed by atoms with Gasteiger partial charge in [0.2, 0.25) is 0 Å². The van der Waals surface area contributed by atoms with Gasteiger partial charge in [-0.2, -0.15) is 5.10 Å². The van der Waals surface area contributed by atoms with E-state index in [0.717, 1.165) is 55.0 Å². The fourth-order valence-electron chi connectivity index (χ4n) is 1.91. The normalized spacial score (nSPS) is 11.1. The van der Waals surface area contributed by atoms with Crippen LogP contribution in [0.3, 0.4) is 0 Å². The Hall–Kier alpha value is -1.65. The highest BCUT2D eigenvalue weighted by molar-refractivity contribution is 5.86. The number of fused-ring (bicyclic) bond motifs is 1. The minimum Gasteiger partial charge on any atom is -0.369 e. The maximum Gasteiger partial charge on any atom is 0.163 e. The molecule has 0 saturated carbocycles. The lowest BCUT2D eigenvalue weighted by Crippen LogP contribution is -2.06. The maximum absolute atomic E-state index is 4.51. The largest absolute Gasteiger partial charge is 0.369 e. The van der Waals surface area contributed by atoms with E-state index in [2.05, 4.69) is 34.2 Å². The van der Waals surface area contributed by atoms with Gasteiger partial charge >= 0.3 is 0 Å². The second-order valence-electron chi connectivity index (χ2n) is 4.50. The highest BCUT2D eigenvalue weighted by Gasteiger charge is 2.10. The predicted molar refractivity (Wildman–Crippen MR) is 73.7 cm³/mol. The fraction of sp³-hybridized carbons (Fsp3) is 0.615. The minimum atomic E-state index is 0.791. The average Bonchev–Trinajstić information content (AvgIpc) is 2.76. The Labute approximate surface area is 108 Å². The topological polar surface area (TPSA) is 55.6 Å². The van der Waals surface area contributed by atoms with E-state index in [1.165, 1.54) is 0 Å². The number of hydrogen-bond donors (Lipinski definition) is 1. The van der Waals surface area contributed by atoms with Gasteiger partial charge in [-0.1, -0.05) is 20.3 Å². The first-order valence-corrected chi connectivity index (χ1v) is 6.70. The molecule has 0 bridgehead atoms. The van der Waals surface area contributed by atoms with Gasteiger partial charge in [0.25, 0.3) is 0 Å². The van der Waals surface area contributed by atoms with Crippen LogP contribution in [0.2, 0.25) is 0 Å². The number of nitrogens with one attached hydrogen (secondary N) is 1. The Bertz CT molecular complexity index is 517. The molecule has 0 aliphatic carbocycles. The van der Waals surface area contributed by atoms with E-state index >= 15 is 0 Å². The van der Waals surface area contributed by atoms with E-state index in [1.807, 2.05) is 17.8 Å². The molecule has 0 saturated heterocycles. The monoisotopic (exact) mass is 247 g/mol. The number of nitrogens with zero attached hydrogens (tertiary/aromatic N) is 4. The van der Waals surface area contributed by atoms with Gasteiger partial charge in [-0.25, -0.2) is 14.6 Å². The van der Waals surface area contributed by atoms with Crippen molar-refractivity contribution in [3.63, 3.8) is 0 Å². The molecule has 2 heterocycles.